The molecule has 0 atom stereocenters. The molecule has 5 nitrogen and oxygen atoms in total. The molecule has 1 aromatic heterocycles. The number of carbonyl (C=O) groups excluding carboxylic acids is 1. The molecule has 1 amide bonds. The molecule has 0 bridgehead atoms. The summed E-state index contributed by atoms with van der Waals surface area (Å²) in [4.78, 5) is 12.5. The van der Waals surface area contributed by atoms with Crippen molar-refractivity contribution in [1.82, 2.24) is 5.16 Å². The summed E-state index contributed by atoms with van der Waals surface area (Å²) in [7, 11) is 0. The second kappa shape index (κ2) is 7.21. The van der Waals surface area contributed by atoms with E-state index in [1.165, 1.54) is 0 Å². The van der Waals surface area contributed by atoms with E-state index in [1.807, 2.05) is 62.4 Å². The number of nitrogens with zero attached hydrogens (tertiary/aromatic N) is 1. The van der Waals surface area contributed by atoms with Crippen molar-refractivity contribution in [3.05, 3.63) is 76.7 Å². The molecule has 2 aromatic carbocycles. The van der Waals surface area contributed by atoms with Gasteiger partial charge in [-0.3, -0.25) is 4.79 Å². The van der Waals surface area contributed by atoms with E-state index in [2.05, 4.69) is 10.5 Å². The molecule has 0 saturated carbocycles. The van der Waals surface area contributed by atoms with Crippen molar-refractivity contribution in [2.45, 2.75) is 27.4 Å². The van der Waals surface area contributed by atoms with Crippen molar-refractivity contribution >= 4 is 11.6 Å². The lowest BCUT2D eigenvalue weighted by molar-refractivity contribution is 0.101. The van der Waals surface area contributed by atoms with Gasteiger partial charge in [0.15, 0.2) is 5.69 Å². The highest BCUT2D eigenvalue weighted by molar-refractivity contribution is 6.03. The molecule has 0 spiro atoms. The van der Waals surface area contributed by atoms with Crippen LogP contribution in [0.3, 0.4) is 0 Å². The zero-order chi connectivity index (χ0) is 17.8. The molecular weight excluding hydrogens is 316 g/mol. The Labute approximate surface area is 146 Å². The maximum Gasteiger partial charge on any atom is 0.278 e. The Hall–Kier alpha value is -3.08. The van der Waals surface area contributed by atoms with Gasteiger partial charge >= 0.3 is 0 Å². The predicted octanol–water partition coefficient (Wildman–Crippen LogP) is 4.43. The van der Waals surface area contributed by atoms with Crippen LogP contribution in [0.1, 0.15) is 32.9 Å². The molecular formula is C20H20N2O3. The summed E-state index contributed by atoms with van der Waals surface area (Å²) >= 11 is 0. The minimum atomic E-state index is -0.315. The van der Waals surface area contributed by atoms with Crippen molar-refractivity contribution in [2.75, 3.05) is 5.32 Å². The van der Waals surface area contributed by atoms with Gasteiger partial charge in [-0.1, -0.05) is 29.4 Å². The Morgan fingerprint density at radius 1 is 1.08 bits per heavy atom. The number of nitrogens with one attached hydrogen (secondary N) is 1. The van der Waals surface area contributed by atoms with E-state index in [1.54, 1.807) is 6.92 Å². The zero-order valence-corrected chi connectivity index (χ0v) is 14.5. The fraction of sp³-hybridized carbons (Fsp3) is 0.200. The molecule has 25 heavy (non-hydrogen) atoms. The van der Waals surface area contributed by atoms with E-state index >= 15 is 0 Å². The molecule has 128 valence electrons. The second-order valence-electron chi connectivity index (χ2n) is 5.99. The van der Waals surface area contributed by atoms with Gasteiger partial charge in [0.05, 0.1) is 5.56 Å². The summed E-state index contributed by atoms with van der Waals surface area (Å²) in [6, 6.07) is 15.3. The molecule has 3 aromatic rings. The number of rotatable bonds is 5. The highest BCUT2D eigenvalue weighted by atomic mass is 16.5. The van der Waals surface area contributed by atoms with Crippen LogP contribution in [0.5, 0.6) is 5.75 Å². The SMILES string of the molecule is Cc1cccc(NC(=O)c2noc(C)c2COc2cccc(C)c2)c1. The summed E-state index contributed by atoms with van der Waals surface area (Å²) < 4.78 is 11.0. The third-order valence-electron chi connectivity index (χ3n) is 3.85. The summed E-state index contributed by atoms with van der Waals surface area (Å²) in [5.74, 6) is 0.998. The van der Waals surface area contributed by atoms with E-state index in [4.69, 9.17) is 9.26 Å². The Morgan fingerprint density at radius 2 is 1.80 bits per heavy atom. The average Bonchev–Trinajstić information content (AvgIpc) is 2.94. The number of ether oxygens (including phenoxy) is 1. The van der Waals surface area contributed by atoms with Crippen LogP contribution in [0.15, 0.2) is 53.1 Å². The second-order valence-corrected chi connectivity index (χ2v) is 5.99. The maximum absolute atomic E-state index is 12.5. The Kier molecular flexibility index (Phi) is 4.84. The topological polar surface area (TPSA) is 64.4 Å². The lowest BCUT2D eigenvalue weighted by Gasteiger charge is -2.08. The van der Waals surface area contributed by atoms with Gasteiger partial charge in [0.1, 0.15) is 18.1 Å². The quantitative estimate of drug-likeness (QED) is 0.748. The number of amides is 1. The van der Waals surface area contributed by atoms with Crippen LogP contribution in [0, 0.1) is 20.8 Å². The molecule has 0 unspecified atom stereocenters. The van der Waals surface area contributed by atoms with Crippen molar-refractivity contribution in [1.29, 1.82) is 0 Å². The number of aryl methyl sites for hydroxylation is 3. The Balaban J connectivity index is 1.75. The van der Waals surface area contributed by atoms with Crippen LogP contribution in [-0.4, -0.2) is 11.1 Å². The van der Waals surface area contributed by atoms with E-state index < -0.39 is 0 Å². The lowest BCUT2D eigenvalue weighted by atomic mass is 10.2. The molecule has 1 heterocycles. The fourth-order valence-electron chi connectivity index (χ4n) is 2.51. The van der Waals surface area contributed by atoms with Crippen LogP contribution < -0.4 is 10.1 Å². The van der Waals surface area contributed by atoms with Crippen LogP contribution in [0.4, 0.5) is 5.69 Å². The standard InChI is InChI=1S/C20H20N2O3/c1-13-6-4-8-16(10-13)21-20(23)19-18(15(3)25-22-19)12-24-17-9-5-7-14(2)11-17/h4-11H,12H2,1-3H3,(H,21,23). The highest BCUT2D eigenvalue weighted by Gasteiger charge is 2.20. The highest BCUT2D eigenvalue weighted by Crippen LogP contribution is 2.20. The minimum Gasteiger partial charge on any atom is -0.489 e. The third kappa shape index (κ3) is 4.07. The fourth-order valence-corrected chi connectivity index (χ4v) is 2.51. The average molecular weight is 336 g/mol. The molecule has 0 aliphatic rings. The molecule has 1 N–H and O–H groups in total. The largest absolute Gasteiger partial charge is 0.489 e. The van der Waals surface area contributed by atoms with Crippen molar-refractivity contribution < 1.29 is 14.1 Å². The number of aromatic nitrogens is 1. The van der Waals surface area contributed by atoms with Gasteiger partial charge in [0.25, 0.3) is 5.91 Å². The number of hydrogen-bond donors (Lipinski definition) is 1. The molecule has 0 saturated heterocycles. The van der Waals surface area contributed by atoms with Gasteiger partial charge in [-0.05, 0) is 56.2 Å². The number of benzene rings is 2. The van der Waals surface area contributed by atoms with Gasteiger partial charge < -0.3 is 14.6 Å². The first kappa shape index (κ1) is 16.8. The third-order valence-corrected chi connectivity index (χ3v) is 3.85. The van der Waals surface area contributed by atoms with E-state index in [-0.39, 0.29) is 18.2 Å². The van der Waals surface area contributed by atoms with Crippen molar-refractivity contribution in [2.24, 2.45) is 0 Å². The van der Waals surface area contributed by atoms with Crippen molar-refractivity contribution in [3.63, 3.8) is 0 Å². The van der Waals surface area contributed by atoms with Gasteiger partial charge in [-0.25, -0.2) is 0 Å². The molecule has 0 radical (unpaired) electrons. The van der Waals surface area contributed by atoms with E-state index in [0.29, 0.717) is 11.3 Å². The maximum atomic E-state index is 12.5. The first-order valence-corrected chi connectivity index (χ1v) is 8.05. The molecule has 0 aliphatic heterocycles. The Morgan fingerprint density at radius 3 is 2.52 bits per heavy atom. The van der Waals surface area contributed by atoms with E-state index in [9.17, 15) is 4.79 Å². The summed E-state index contributed by atoms with van der Waals surface area (Å²) in [5.41, 5.74) is 3.78. The zero-order valence-electron chi connectivity index (χ0n) is 14.5. The lowest BCUT2D eigenvalue weighted by Crippen LogP contribution is -2.15. The van der Waals surface area contributed by atoms with Crippen molar-refractivity contribution in [3.8, 4) is 5.75 Å². The number of carbonyl (C=O) groups is 1. The van der Waals surface area contributed by atoms with Gasteiger partial charge in [0.2, 0.25) is 0 Å². The summed E-state index contributed by atoms with van der Waals surface area (Å²) in [5, 5.41) is 6.74. The minimum absolute atomic E-state index is 0.218. The predicted molar refractivity (Wildman–Crippen MR) is 95.9 cm³/mol. The van der Waals surface area contributed by atoms with Gasteiger partial charge in [0, 0.05) is 5.69 Å². The van der Waals surface area contributed by atoms with Gasteiger partial charge in [-0.2, -0.15) is 0 Å². The van der Waals surface area contributed by atoms with E-state index in [0.717, 1.165) is 22.6 Å². The summed E-state index contributed by atoms with van der Waals surface area (Å²) in [6.45, 7) is 5.95. The smallest absolute Gasteiger partial charge is 0.278 e. The summed E-state index contributed by atoms with van der Waals surface area (Å²) in [6.07, 6.45) is 0. The Bertz CT molecular complexity index is 899. The first-order chi connectivity index (χ1) is 12.0. The van der Waals surface area contributed by atoms with Crippen LogP contribution in [-0.2, 0) is 6.61 Å². The monoisotopic (exact) mass is 336 g/mol. The molecule has 5 heteroatoms. The van der Waals surface area contributed by atoms with Crippen LogP contribution in [0.25, 0.3) is 0 Å². The number of hydrogen-bond acceptors (Lipinski definition) is 4. The normalized spacial score (nSPS) is 10.5. The molecule has 0 fully saturated rings. The number of anilines is 1. The van der Waals surface area contributed by atoms with Crippen LogP contribution in [0.2, 0.25) is 0 Å². The van der Waals surface area contributed by atoms with Gasteiger partial charge in [-0.15, -0.1) is 0 Å². The van der Waals surface area contributed by atoms with Crippen LogP contribution >= 0.6 is 0 Å². The molecule has 3 rings (SSSR count). The molecule has 0 aliphatic carbocycles. The first-order valence-electron chi connectivity index (χ1n) is 8.05.